The van der Waals surface area contributed by atoms with Gasteiger partial charge in [0.1, 0.15) is 0 Å². The van der Waals surface area contributed by atoms with Crippen molar-refractivity contribution in [2.75, 3.05) is 0 Å². The Hall–Kier alpha value is -0.351. The molecule has 14 heavy (non-hydrogen) atoms. The molecule has 0 spiro atoms. The van der Waals surface area contributed by atoms with Crippen LogP contribution in [0.1, 0.15) is 0 Å². The first-order chi connectivity index (χ1) is 6.27. The third-order valence-electron chi connectivity index (χ3n) is 1.80. The smallest absolute Gasteiger partial charge is 0.423 e. The molecule has 67 valence electrons. The maximum atomic E-state index is 8.89. The number of aromatic nitrogens is 2. The molecular weight excluding hydrogens is 256 g/mol. The molecule has 0 saturated carbocycles. The molecule has 0 amide bonds. The fraction of sp³-hybridized carbons (Fsp3) is 0. The van der Waals surface area contributed by atoms with E-state index in [2.05, 4.69) is 16.4 Å². The van der Waals surface area contributed by atoms with Gasteiger partial charge in [-0.25, -0.2) is 5.10 Å². The Morgan fingerprint density at radius 3 is 2.79 bits per heavy atom. The van der Waals surface area contributed by atoms with Crippen molar-refractivity contribution in [3.8, 4) is 0 Å². The summed E-state index contributed by atoms with van der Waals surface area (Å²) in [6, 6.07) is 4.98. The number of hydrogen-bond acceptors (Lipinski definition) is 4. The van der Waals surface area contributed by atoms with Gasteiger partial charge in [0.05, 0.1) is 0 Å². The van der Waals surface area contributed by atoms with E-state index in [1.54, 1.807) is 24.4 Å². The van der Waals surface area contributed by atoms with Crippen LogP contribution >= 0.6 is 0 Å². The van der Waals surface area contributed by atoms with Crippen LogP contribution in [0.5, 0.6) is 0 Å². The van der Waals surface area contributed by atoms with Gasteiger partial charge in [0.25, 0.3) is 0 Å². The van der Waals surface area contributed by atoms with E-state index in [9.17, 15) is 0 Å². The van der Waals surface area contributed by atoms with Crippen LogP contribution in [0, 0.1) is 6.20 Å². The minimum Gasteiger partial charge on any atom is -0.423 e. The zero-order chi connectivity index (χ0) is 9.26. The second-order valence-corrected chi connectivity index (χ2v) is 2.68. The monoisotopic (exact) mass is 262 g/mol. The van der Waals surface area contributed by atoms with Gasteiger partial charge in [-0.2, -0.15) is 16.6 Å². The van der Waals surface area contributed by atoms with Gasteiger partial charge >= 0.3 is 7.12 Å². The van der Waals surface area contributed by atoms with Crippen molar-refractivity contribution in [2.24, 2.45) is 0 Å². The maximum Gasteiger partial charge on any atom is 0.486 e. The van der Waals surface area contributed by atoms with Crippen LogP contribution in [0.15, 0.2) is 24.4 Å². The van der Waals surface area contributed by atoms with Crippen LogP contribution in [-0.4, -0.2) is 27.4 Å². The molecule has 2 N–H and O–H groups in total. The molecule has 0 unspecified atom stereocenters. The van der Waals surface area contributed by atoms with Crippen molar-refractivity contribution in [1.29, 1.82) is 0 Å². The maximum absolute atomic E-state index is 8.89. The van der Waals surface area contributed by atoms with Crippen molar-refractivity contribution >= 4 is 23.4 Å². The van der Waals surface area contributed by atoms with Crippen LogP contribution in [-0.2, 0) is 32.7 Å². The Balaban J connectivity index is 0.000000980. The zero-order valence-electron chi connectivity index (χ0n) is 7.25. The second-order valence-electron chi connectivity index (χ2n) is 2.68. The first kappa shape index (κ1) is 11.7. The Kier molecular flexibility index (Phi) is 4.13. The number of nitrogens with zero attached hydrogens (tertiary/aromatic N) is 2. The quantitative estimate of drug-likeness (QED) is 0.516. The summed E-state index contributed by atoms with van der Waals surface area (Å²) in [5.74, 6) is 0. The number of hydrogen-bond donors (Lipinski definition) is 2. The Labute approximate surface area is 106 Å². The molecule has 0 fully saturated rings. The van der Waals surface area contributed by atoms with Crippen molar-refractivity contribution in [3.63, 3.8) is 0 Å². The molecule has 1 aromatic carbocycles. The van der Waals surface area contributed by atoms with E-state index in [0.29, 0.717) is 5.46 Å². The molecule has 0 atom stereocenters. The van der Waals surface area contributed by atoms with Crippen LogP contribution in [0.4, 0.5) is 0 Å². The summed E-state index contributed by atoms with van der Waals surface area (Å²) in [7, 11) is -1.45. The summed E-state index contributed by atoms with van der Waals surface area (Å²) in [5, 5.41) is 26.6. The molecule has 0 aliphatic rings. The predicted molar refractivity (Wildman–Crippen MR) is 48.2 cm³/mol. The van der Waals surface area contributed by atoms with Crippen molar-refractivity contribution in [2.45, 2.75) is 0 Å². The zero-order valence-corrected chi connectivity index (χ0v) is 10.1. The summed E-state index contributed by atoms with van der Waals surface area (Å²) in [6.45, 7) is 0. The molecule has 2 rings (SSSR count). The van der Waals surface area contributed by atoms with Crippen LogP contribution < -0.4 is 5.46 Å². The van der Waals surface area contributed by atoms with E-state index in [4.69, 9.17) is 10.0 Å². The van der Waals surface area contributed by atoms with E-state index in [1.807, 2.05) is 0 Å². The normalized spacial score (nSPS) is 9.57. The predicted octanol–water partition coefficient (Wildman–Crippen LogP) is -0.893. The Morgan fingerprint density at radius 2 is 2.07 bits per heavy atom. The number of fused-ring (bicyclic) bond motifs is 1. The first-order valence-corrected chi connectivity index (χ1v) is 3.76. The van der Waals surface area contributed by atoms with E-state index in [0.717, 1.165) is 10.8 Å². The van der Waals surface area contributed by atoms with E-state index >= 15 is 0 Å². The average Bonchev–Trinajstić information content (AvgIpc) is 2.17. The summed E-state index contributed by atoms with van der Waals surface area (Å²) >= 11 is 0. The van der Waals surface area contributed by atoms with Gasteiger partial charge < -0.3 is 10.0 Å². The first-order valence-electron chi connectivity index (χ1n) is 3.76. The number of benzene rings is 1. The third-order valence-corrected chi connectivity index (χ3v) is 1.80. The van der Waals surface area contributed by atoms with Gasteiger partial charge in [-0.3, -0.25) is 0 Å². The molecule has 6 heteroatoms. The SMILES string of the molecule is OB(O)c1ccc2[c-]nncc2c1.[Y]. The molecule has 0 aliphatic carbocycles. The molecule has 2 aromatic rings. The van der Waals surface area contributed by atoms with Crippen molar-refractivity contribution in [1.82, 2.24) is 10.2 Å². The van der Waals surface area contributed by atoms with E-state index in [-0.39, 0.29) is 32.7 Å². The Morgan fingerprint density at radius 1 is 1.29 bits per heavy atom. The van der Waals surface area contributed by atoms with Gasteiger partial charge in [0.15, 0.2) is 0 Å². The minimum absolute atomic E-state index is 0. The average molecular weight is 262 g/mol. The second kappa shape index (κ2) is 4.94. The molecule has 0 aliphatic heterocycles. The molecule has 1 heterocycles. The van der Waals surface area contributed by atoms with Crippen LogP contribution in [0.3, 0.4) is 0 Å². The number of rotatable bonds is 1. The summed E-state index contributed by atoms with van der Waals surface area (Å²) in [6.07, 6.45) is 4.25. The van der Waals surface area contributed by atoms with Crippen molar-refractivity contribution < 1.29 is 42.8 Å². The summed E-state index contributed by atoms with van der Waals surface area (Å²) in [5.41, 5.74) is 0.439. The largest absolute Gasteiger partial charge is 0.486 e. The standard InChI is InChI=1S/C8H6BN2O2.Y/c12-9(13)8-2-1-6-4-10-11-5-7(6)3-8;/h1-3,5,12-13H;/q-1;. The third kappa shape index (κ3) is 2.36. The van der Waals surface area contributed by atoms with Crippen LogP contribution in [0.2, 0.25) is 0 Å². The molecular formula is C8H6BN2O2Y-. The van der Waals surface area contributed by atoms with Gasteiger partial charge in [0.2, 0.25) is 0 Å². The minimum atomic E-state index is -1.45. The van der Waals surface area contributed by atoms with Crippen LogP contribution in [0.25, 0.3) is 10.8 Å². The van der Waals surface area contributed by atoms with Gasteiger partial charge in [-0.15, -0.1) is 17.5 Å². The molecule has 1 aromatic heterocycles. The van der Waals surface area contributed by atoms with Gasteiger partial charge in [0, 0.05) is 38.9 Å². The Bertz CT molecular complexity index is 438. The molecule has 0 saturated heterocycles. The summed E-state index contributed by atoms with van der Waals surface area (Å²) in [4.78, 5) is 0. The van der Waals surface area contributed by atoms with Gasteiger partial charge in [-0.1, -0.05) is 0 Å². The molecule has 0 bridgehead atoms. The fourth-order valence-electron chi connectivity index (χ4n) is 1.12. The summed E-state index contributed by atoms with van der Waals surface area (Å²) < 4.78 is 0. The fourth-order valence-corrected chi connectivity index (χ4v) is 1.12. The topological polar surface area (TPSA) is 66.2 Å². The van der Waals surface area contributed by atoms with E-state index in [1.165, 1.54) is 0 Å². The van der Waals surface area contributed by atoms with E-state index < -0.39 is 7.12 Å². The molecule has 1 radical (unpaired) electrons. The molecule has 4 nitrogen and oxygen atoms in total. The van der Waals surface area contributed by atoms with Gasteiger partial charge in [-0.05, 0) is 11.7 Å². The van der Waals surface area contributed by atoms with Crippen molar-refractivity contribution in [3.05, 3.63) is 30.6 Å².